The van der Waals surface area contributed by atoms with Crippen molar-refractivity contribution in [1.29, 1.82) is 0 Å². The van der Waals surface area contributed by atoms with Gasteiger partial charge in [-0.05, 0) is 48.1 Å². The van der Waals surface area contributed by atoms with E-state index < -0.39 is 5.97 Å². The third-order valence-electron chi connectivity index (χ3n) is 4.36. The number of benzene rings is 1. The van der Waals surface area contributed by atoms with Crippen LogP contribution in [0.2, 0.25) is 0 Å². The van der Waals surface area contributed by atoms with Gasteiger partial charge in [-0.2, -0.15) is 0 Å². The Morgan fingerprint density at radius 3 is 2.79 bits per heavy atom. The minimum absolute atomic E-state index is 0.265. The SMILES string of the molecule is CNc1cccc(CCOc2ccc(C3CC3CC(=O)O)cc2)n1. The van der Waals surface area contributed by atoms with Crippen molar-refractivity contribution in [2.45, 2.75) is 25.2 Å². The lowest BCUT2D eigenvalue weighted by molar-refractivity contribution is -0.137. The van der Waals surface area contributed by atoms with Crippen molar-refractivity contribution in [1.82, 2.24) is 4.98 Å². The number of pyridine rings is 1. The van der Waals surface area contributed by atoms with Crippen LogP contribution in [0.15, 0.2) is 42.5 Å². The maximum absolute atomic E-state index is 10.7. The number of aromatic nitrogens is 1. The fourth-order valence-corrected chi connectivity index (χ4v) is 2.95. The number of carboxylic acid groups (broad SMARTS) is 1. The molecule has 2 unspecified atom stereocenters. The fraction of sp³-hybridized carbons (Fsp3) is 0.368. The van der Waals surface area contributed by atoms with E-state index in [1.807, 2.05) is 49.5 Å². The van der Waals surface area contributed by atoms with E-state index in [0.29, 0.717) is 18.4 Å². The molecule has 2 aromatic rings. The van der Waals surface area contributed by atoms with Crippen molar-refractivity contribution >= 4 is 11.8 Å². The topological polar surface area (TPSA) is 71.5 Å². The van der Waals surface area contributed by atoms with Crippen LogP contribution in [-0.4, -0.2) is 29.7 Å². The summed E-state index contributed by atoms with van der Waals surface area (Å²) in [4.78, 5) is 15.2. The van der Waals surface area contributed by atoms with Crippen LogP contribution in [0.5, 0.6) is 5.75 Å². The molecule has 0 amide bonds. The van der Waals surface area contributed by atoms with Crippen molar-refractivity contribution in [2.75, 3.05) is 19.0 Å². The lowest BCUT2D eigenvalue weighted by Crippen LogP contribution is -2.04. The van der Waals surface area contributed by atoms with Gasteiger partial charge in [0.05, 0.1) is 6.61 Å². The fourth-order valence-electron chi connectivity index (χ4n) is 2.95. The molecule has 0 saturated heterocycles. The number of hydrogen-bond acceptors (Lipinski definition) is 4. The highest BCUT2D eigenvalue weighted by Gasteiger charge is 2.39. The maximum atomic E-state index is 10.7. The summed E-state index contributed by atoms with van der Waals surface area (Å²) < 4.78 is 5.78. The molecule has 1 saturated carbocycles. The predicted molar refractivity (Wildman–Crippen MR) is 92.5 cm³/mol. The molecule has 1 aromatic carbocycles. The van der Waals surface area contributed by atoms with Crippen molar-refractivity contribution in [2.24, 2.45) is 5.92 Å². The van der Waals surface area contributed by atoms with E-state index in [1.54, 1.807) is 0 Å². The maximum Gasteiger partial charge on any atom is 0.303 e. The average Bonchev–Trinajstić information content (AvgIpc) is 3.34. The Hall–Kier alpha value is -2.56. The van der Waals surface area contributed by atoms with Crippen LogP contribution in [0.3, 0.4) is 0 Å². The van der Waals surface area contributed by atoms with Crippen LogP contribution in [0.4, 0.5) is 5.82 Å². The molecule has 1 heterocycles. The van der Waals surface area contributed by atoms with Crippen molar-refractivity contribution in [3.63, 3.8) is 0 Å². The molecule has 1 aliphatic rings. The van der Waals surface area contributed by atoms with Crippen LogP contribution >= 0.6 is 0 Å². The molecule has 0 spiro atoms. The molecule has 2 N–H and O–H groups in total. The second kappa shape index (κ2) is 7.34. The first-order valence-electron chi connectivity index (χ1n) is 8.24. The number of carboxylic acids is 1. The molecule has 5 nitrogen and oxygen atoms in total. The first-order chi connectivity index (χ1) is 11.7. The van der Waals surface area contributed by atoms with Crippen LogP contribution in [0.25, 0.3) is 0 Å². The van der Waals surface area contributed by atoms with E-state index in [9.17, 15) is 4.79 Å². The first kappa shape index (κ1) is 16.3. The Bertz CT molecular complexity index is 700. The van der Waals surface area contributed by atoms with Gasteiger partial charge in [0.15, 0.2) is 0 Å². The molecule has 24 heavy (non-hydrogen) atoms. The molecule has 126 valence electrons. The van der Waals surface area contributed by atoms with Crippen molar-refractivity contribution in [3.8, 4) is 5.75 Å². The number of ether oxygens (including phenoxy) is 1. The third kappa shape index (κ3) is 4.25. The van der Waals surface area contributed by atoms with Crippen LogP contribution in [0, 0.1) is 5.92 Å². The number of aliphatic carboxylic acids is 1. The number of hydrogen-bond donors (Lipinski definition) is 2. The van der Waals surface area contributed by atoms with E-state index in [1.165, 1.54) is 5.56 Å². The van der Waals surface area contributed by atoms with Gasteiger partial charge in [0, 0.05) is 25.6 Å². The Balaban J connectivity index is 1.47. The molecule has 2 atom stereocenters. The monoisotopic (exact) mass is 326 g/mol. The largest absolute Gasteiger partial charge is 0.493 e. The van der Waals surface area contributed by atoms with E-state index in [4.69, 9.17) is 9.84 Å². The lowest BCUT2D eigenvalue weighted by Gasteiger charge is -2.08. The number of anilines is 1. The molecule has 3 rings (SSSR count). The number of nitrogens with one attached hydrogen (secondary N) is 1. The standard InChI is InChI=1S/C19H22N2O3/c1-20-18-4-2-3-15(21-18)9-10-24-16-7-5-13(6-8-16)17-11-14(17)12-19(22)23/h2-8,14,17H,9-12H2,1H3,(H,20,21)(H,22,23). The molecule has 1 aliphatic carbocycles. The second-order valence-corrected chi connectivity index (χ2v) is 6.13. The van der Waals surface area contributed by atoms with Crippen LogP contribution in [0.1, 0.15) is 30.0 Å². The summed E-state index contributed by atoms with van der Waals surface area (Å²) in [6.45, 7) is 0.574. The summed E-state index contributed by atoms with van der Waals surface area (Å²) in [6, 6.07) is 13.9. The first-order valence-corrected chi connectivity index (χ1v) is 8.24. The summed E-state index contributed by atoms with van der Waals surface area (Å²) in [5.74, 6) is 1.66. The zero-order valence-electron chi connectivity index (χ0n) is 13.7. The molecule has 1 fully saturated rings. The number of rotatable bonds is 8. The smallest absolute Gasteiger partial charge is 0.303 e. The van der Waals surface area contributed by atoms with Crippen LogP contribution < -0.4 is 10.1 Å². The molecule has 0 bridgehead atoms. The Morgan fingerprint density at radius 1 is 1.29 bits per heavy atom. The zero-order valence-corrected chi connectivity index (χ0v) is 13.7. The Labute approximate surface area is 141 Å². The van der Waals surface area contributed by atoms with Gasteiger partial charge >= 0.3 is 5.97 Å². The number of nitrogens with zero attached hydrogens (tertiary/aromatic N) is 1. The summed E-state index contributed by atoms with van der Waals surface area (Å²) in [6.07, 6.45) is 1.99. The zero-order chi connectivity index (χ0) is 16.9. The lowest BCUT2D eigenvalue weighted by atomic mass is 10.1. The van der Waals surface area contributed by atoms with Gasteiger partial charge in [-0.25, -0.2) is 4.98 Å². The van der Waals surface area contributed by atoms with Gasteiger partial charge < -0.3 is 15.2 Å². The highest BCUT2D eigenvalue weighted by atomic mass is 16.5. The molecule has 0 radical (unpaired) electrons. The summed E-state index contributed by atoms with van der Waals surface area (Å²) in [7, 11) is 1.85. The Morgan fingerprint density at radius 2 is 2.08 bits per heavy atom. The van der Waals surface area contributed by atoms with Crippen molar-refractivity contribution in [3.05, 3.63) is 53.7 Å². The van der Waals surface area contributed by atoms with Gasteiger partial charge in [-0.1, -0.05) is 18.2 Å². The highest BCUT2D eigenvalue weighted by Crippen LogP contribution is 2.49. The molecule has 1 aromatic heterocycles. The molecular weight excluding hydrogens is 304 g/mol. The molecule has 0 aliphatic heterocycles. The minimum Gasteiger partial charge on any atom is -0.493 e. The van der Waals surface area contributed by atoms with Gasteiger partial charge in [0.25, 0.3) is 0 Å². The van der Waals surface area contributed by atoms with E-state index in [0.717, 1.165) is 30.1 Å². The minimum atomic E-state index is -0.710. The van der Waals surface area contributed by atoms with Gasteiger partial charge in [-0.15, -0.1) is 0 Å². The highest BCUT2D eigenvalue weighted by molar-refractivity contribution is 5.67. The Kier molecular flexibility index (Phi) is 4.99. The predicted octanol–water partition coefficient (Wildman–Crippen LogP) is 3.32. The average molecular weight is 326 g/mol. The summed E-state index contributed by atoms with van der Waals surface area (Å²) >= 11 is 0. The molecular formula is C19H22N2O3. The number of carbonyl (C=O) groups is 1. The summed E-state index contributed by atoms with van der Waals surface area (Å²) in [5, 5.41) is 11.9. The van der Waals surface area contributed by atoms with E-state index >= 15 is 0 Å². The van der Waals surface area contributed by atoms with Gasteiger partial charge in [-0.3, -0.25) is 4.79 Å². The normalized spacial score (nSPS) is 18.9. The van der Waals surface area contributed by atoms with Gasteiger partial charge in [0.2, 0.25) is 0 Å². The van der Waals surface area contributed by atoms with E-state index in [-0.39, 0.29) is 6.42 Å². The van der Waals surface area contributed by atoms with Gasteiger partial charge in [0.1, 0.15) is 11.6 Å². The summed E-state index contributed by atoms with van der Waals surface area (Å²) in [5.41, 5.74) is 2.20. The van der Waals surface area contributed by atoms with Crippen molar-refractivity contribution < 1.29 is 14.6 Å². The third-order valence-corrected chi connectivity index (χ3v) is 4.36. The second-order valence-electron chi connectivity index (χ2n) is 6.13. The van der Waals surface area contributed by atoms with Crippen LogP contribution in [-0.2, 0) is 11.2 Å². The molecule has 5 heteroatoms. The van der Waals surface area contributed by atoms with E-state index in [2.05, 4.69) is 10.3 Å². The quantitative estimate of drug-likeness (QED) is 0.778.